The number of nitrogens with zero attached hydrogens (tertiary/aromatic N) is 2. The van der Waals surface area contributed by atoms with Gasteiger partial charge in [-0.15, -0.1) is 0 Å². The third-order valence-corrected chi connectivity index (χ3v) is 19.4. The number of pyridine rings is 2. The number of nitrogens with one attached hydrogen (secondary N) is 2. The predicted octanol–water partition coefficient (Wildman–Crippen LogP) is 16.2. The summed E-state index contributed by atoms with van der Waals surface area (Å²) >= 11 is 0. The van der Waals surface area contributed by atoms with Gasteiger partial charge in [0.25, 0.3) is 11.8 Å². The molecule has 0 spiro atoms. The zero-order chi connectivity index (χ0) is 65.0. The predicted molar refractivity (Wildman–Crippen MR) is 363 cm³/mol. The minimum absolute atomic E-state index is 0.216. The van der Waals surface area contributed by atoms with Gasteiger partial charge in [-0.25, -0.2) is 0 Å². The fourth-order valence-corrected chi connectivity index (χ4v) is 14.7. The Morgan fingerprint density at radius 1 is 0.415 bits per heavy atom. The second-order valence-electron chi connectivity index (χ2n) is 25.0. The Bertz CT molecular complexity index is 3960. The fourth-order valence-electron chi connectivity index (χ4n) is 14.7. The fraction of sp³-hybridized carbons (Fsp3) is 0.350. The molecule has 6 heterocycles. The molecule has 2 aromatic heterocycles. The van der Waals surface area contributed by atoms with E-state index in [9.17, 15) is 9.59 Å². The molecule has 8 aromatic rings. The van der Waals surface area contributed by atoms with Gasteiger partial charge in [0.05, 0.1) is 11.1 Å². The van der Waals surface area contributed by atoms with Gasteiger partial charge in [0.1, 0.15) is 57.1 Å². The van der Waals surface area contributed by atoms with Gasteiger partial charge in [-0.3, -0.25) is 19.6 Å². The van der Waals surface area contributed by atoms with Crippen molar-refractivity contribution in [2.75, 3.05) is 41.3 Å². The Kier molecular flexibility index (Phi) is 18.5. The molecule has 2 N–H and O–H groups in total. The molecule has 2 amide bonds. The summed E-state index contributed by atoms with van der Waals surface area (Å²) in [5.74, 6) is 16.6. The summed E-state index contributed by atoms with van der Waals surface area (Å²) < 4.78 is 57.6. The van der Waals surface area contributed by atoms with Gasteiger partial charge in [-0.2, -0.15) is 0 Å². The van der Waals surface area contributed by atoms with Gasteiger partial charge >= 0.3 is 0 Å². The van der Waals surface area contributed by atoms with Gasteiger partial charge in [-0.05, 0) is 109 Å². The van der Waals surface area contributed by atoms with Crippen LogP contribution in [0.5, 0.6) is 46.0 Å². The standard InChI is InChI=1S/C80H80N4O10/c1-9-11-13-15-17-25-57-65-47(3)61-41-63-49(5)67-58(26-18-16-14-12-10-2)68-50(6)64-42-62-48(4)66(57)72-59(29-27-51-31-35-83-36-32-51)71(65)87-43-91-75(61)69(53-21-19-23-55(39-53)79(85)81-7)77(63)93-45-89-73(67)60(30-28-52-33-37-84-38-34-52)74(68)90-46-94-78(64)70(76(62)92-44-88-72)54-22-20-24-56(40-54)80(86)82-8/h19-24,31-42,47-50H,9-18,25-26,43-46H2,1-8H3,(H,81,85)(H,82,86). The minimum Gasteiger partial charge on any atom is -0.456 e. The van der Waals surface area contributed by atoms with Crippen molar-refractivity contribution in [2.45, 2.75) is 142 Å². The molecule has 5 aliphatic rings. The molecule has 0 saturated carbocycles. The van der Waals surface area contributed by atoms with Crippen molar-refractivity contribution >= 4 is 11.8 Å². The van der Waals surface area contributed by atoms with Crippen LogP contribution in [0.2, 0.25) is 0 Å². The van der Waals surface area contributed by atoms with Gasteiger partial charge in [-0.1, -0.05) is 141 Å². The van der Waals surface area contributed by atoms with Crippen LogP contribution in [0.1, 0.15) is 228 Å². The van der Waals surface area contributed by atoms with Crippen LogP contribution in [0.4, 0.5) is 0 Å². The van der Waals surface area contributed by atoms with Gasteiger partial charge < -0.3 is 48.5 Å². The number of benzene rings is 6. The summed E-state index contributed by atoms with van der Waals surface area (Å²) in [6.45, 7) is 12.6. The first-order valence-corrected chi connectivity index (χ1v) is 33.4. The van der Waals surface area contributed by atoms with Crippen molar-refractivity contribution in [3.05, 3.63) is 199 Å². The largest absolute Gasteiger partial charge is 0.456 e. The van der Waals surface area contributed by atoms with E-state index >= 15 is 0 Å². The van der Waals surface area contributed by atoms with Crippen LogP contribution < -0.4 is 48.5 Å². The monoisotopic (exact) mass is 1260 g/mol. The molecular formula is C80H80N4O10. The molecule has 0 saturated heterocycles. The molecule has 14 nitrogen and oxygen atoms in total. The maximum Gasteiger partial charge on any atom is 0.251 e. The van der Waals surface area contributed by atoms with Gasteiger partial charge in [0.15, 0.2) is 0 Å². The first kappa shape index (κ1) is 62.9. The molecular weight excluding hydrogens is 1180 g/mol. The number of carbonyl (C=O) groups is 2. The Hall–Kier alpha value is -9.92. The number of hydrogen-bond donors (Lipinski definition) is 2. The van der Waals surface area contributed by atoms with E-state index in [2.05, 4.69) is 98.0 Å². The Morgan fingerprint density at radius 2 is 0.734 bits per heavy atom. The van der Waals surface area contributed by atoms with E-state index in [0.717, 1.165) is 142 Å². The number of hydrogen-bond acceptors (Lipinski definition) is 12. The zero-order valence-corrected chi connectivity index (χ0v) is 55.0. The van der Waals surface area contributed by atoms with E-state index in [1.54, 1.807) is 38.9 Å². The molecule has 0 radical (unpaired) electrons. The van der Waals surface area contributed by atoms with Gasteiger partial charge in [0, 0.05) is 129 Å². The number of carbonyl (C=O) groups excluding carboxylic acids is 2. The molecule has 14 heteroatoms. The van der Waals surface area contributed by atoms with E-state index in [1.807, 2.05) is 72.8 Å². The maximum absolute atomic E-state index is 13.7. The third-order valence-electron chi connectivity index (χ3n) is 19.4. The lowest BCUT2D eigenvalue weighted by Crippen LogP contribution is -2.25. The summed E-state index contributed by atoms with van der Waals surface area (Å²) in [7, 11) is 3.28. The second kappa shape index (κ2) is 27.7. The maximum atomic E-state index is 13.7. The smallest absolute Gasteiger partial charge is 0.251 e. The third kappa shape index (κ3) is 11.8. The summed E-state index contributed by atoms with van der Waals surface area (Å²) in [6, 6.07) is 27.5. The first-order chi connectivity index (χ1) is 46.0. The molecule has 0 fully saturated rings. The highest BCUT2D eigenvalue weighted by atomic mass is 16.7. The van der Waals surface area contributed by atoms with E-state index in [-0.39, 0.29) is 39.0 Å². The SMILES string of the molecule is CCCCCCCc1c2c3c(C#Cc4ccncc4)c4c1C(C)c1cc5c(c(-c6cccc(C(=O)NC)c6)c1OCO4)OCOc1c(C#Cc4ccncc4)c4c(c(CCCCCCC)c1C5C)C(C)c1cc(c(c(-c5cccc(C(=O)NC)c5)c1OCO4)OCO3)C2C. The summed E-state index contributed by atoms with van der Waals surface area (Å²) in [4.78, 5) is 36.1. The van der Waals surface area contributed by atoms with E-state index in [0.29, 0.717) is 92.2 Å². The number of ether oxygens (including phenoxy) is 8. The number of aromatic nitrogens is 2. The highest BCUT2D eigenvalue weighted by molar-refractivity contribution is 5.97. The second-order valence-corrected chi connectivity index (χ2v) is 25.0. The van der Waals surface area contributed by atoms with Crippen LogP contribution in [0.3, 0.4) is 0 Å². The van der Waals surface area contributed by atoms with Crippen molar-refractivity contribution in [2.24, 2.45) is 0 Å². The Labute approximate surface area is 551 Å². The molecule has 8 bridgehead atoms. The van der Waals surface area contributed by atoms with Crippen LogP contribution in [0, 0.1) is 23.7 Å². The van der Waals surface area contributed by atoms with Crippen LogP contribution in [-0.2, 0) is 12.8 Å². The van der Waals surface area contributed by atoms with Crippen molar-refractivity contribution in [3.8, 4) is 91.9 Å². The van der Waals surface area contributed by atoms with E-state index in [1.165, 1.54) is 0 Å². The van der Waals surface area contributed by atoms with E-state index in [4.69, 9.17) is 37.9 Å². The first-order valence-electron chi connectivity index (χ1n) is 33.4. The van der Waals surface area contributed by atoms with Crippen molar-refractivity contribution in [1.29, 1.82) is 0 Å². The molecule has 4 aliphatic heterocycles. The average Bonchev–Trinajstić information content (AvgIpc) is 0.720. The summed E-state index contributed by atoms with van der Waals surface area (Å²) in [5.41, 5.74) is 16.1. The average molecular weight is 1260 g/mol. The number of rotatable bonds is 16. The quantitative estimate of drug-likeness (QED) is 0.0698. The Morgan fingerprint density at radius 3 is 1.05 bits per heavy atom. The molecule has 1 aliphatic carbocycles. The lowest BCUT2D eigenvalue weighted by molar-refractivity contribution is 0.0955. The van der Waals surface area contributed by atoms with Crippen LogP contribution in [0.15, 0.2) is 110 Å². The minimum atomic E-state index is -0.436. The van der Waals surface area contributed by atoms with Crippen molar-refractivity contribution < 1.29 is 47.5 Å². The molecule has 13 rings (SSSR count). The summed E-state index contributed by atoms with van der Waals surface area (Å²) in [5, 5.41) is 5.70. The molecule has 4 atom stereocenters. The van der Waals surface area contributed by atoms with Crippen molar-refractivity contribution in [1.82, 2.24) is 20.6 Å². The highest BCUT2D eigenvalue weighted by Crippen LogP contribution is 2.60. The normalized spacial score (nSPS) is 16.6. The Balaban J connectivity index is 1.22. The highest BCUT2D eigenvalue weighted by Gasteiger charge is 2.42. The molecule has 480 valence electrons. The van der Waals surface area contributed by atoms with Crippen molar-refractivity contribution in [3.63, 3.8) is 0 Å². The van der Waals surface area contributed by atoms with Gasteiger partial charge in [0.2, 0.25) is 27.2 Å². The topological polar surface area (TPSA) is 158 Å². The van der Waals surface area contributed by atoms with Crippen LogP contribution in [0.25, 0.3) is 22.3 Å². The number of amides is 2. The summed E-state index contributed by atoms with van der Waals surface area (Å²) in [6.07, 6.45) is 18.8. The molecule has 6 aromatic carbocycles. The lowest BCUT2D eigenvalue weighted by Gasteiger charge is -2.37. The number of unbranched alkanes of at least 4 members (excludes halogenated alkanes) is 8. The van der Waals surface area contributed by atoms with E-state index < -0.39 is 23.7 Å². The van der Waals surface area contributed by atoms with Crippen LogP contribution in [-0.4, -0.2) is 63.0 Å². The molecule has 94 heavy (non-hydrogen) atoms. The zero-order valence-electron chi connectivity index (χ0n) is 55.0. The molecule has 4 unspecified atom stereocenters. The van der Waals surface area contributed by atoms with Crippen LogP contribution >= 0.6 is 0 Å². The lowest BCUT2D eigenvalue weighted by atomic mass is 9.73.